The highest BCUT2D eigenvalue weighted by atomic mass is 16.6. The Hall–Kier alpha value is -3.67. The zero-order valence-electron chi connectivity index (χ0n) is 13.3. The van der Waals surface area contributed by atoms with Crippen molar-refractivity contribution in [1.82, 2.24) is 0 Å². The topological polar surface area (TPSA) is 79.6 Å². The van der Waals surface area contributed by atoms with Gasteiger partial charge in [0.25, 0.3) is 5.69 Å². The summed E-state index contributed by atoms with van der Waals surface area (Å²) < 4.78 is 0. The molecule has 0 amide bonds. The quantitative estimate of drug-likeness (QED) is 0.311. The molecule has 6 nitrogen and oxygen atoms in total. The van der Waals surface area contributed by atoms with Gasteiger partial charge in [0.15, 0.2) is 0 Å². The van der Waals surface area contributed by atoms with Gasteiger partial charge in [-0.2, -0.15) is 0 Å². The van der Waals surface area contributed by atoms with Crippen molar-refractivity contribution in [3.05, 3.63) is 95.0 Å². The standard InChI is InChI=1S/C19H16N4O2/c24-23(25)18-13-11-17(12-14-18)22-19(20-15-7-3-1-4-8-15)21-16-9-5-2-6-10-16/h1-14H,(H2,20,21,22). The van der Waals surface area contributed by atoms with Crippen LogP contribution in [-0.4, -0.2) is 10.9 Å². The Labute approximate surface area is 145 Å². The van der Waals surface area contributed by atoms with Gasteiger partial charge < -0.3 is 10.6 Å². The van der Waals surface area contributed by atoms with E-state index in [1.807, 2.05) is 60.7 Å². The summed E-state index contributed by atoms with van der Waals surface area (Å²) in [7, 11) is 0. The molecule has 0 unspecified atom stereocenters. The molecule has 3 aromatic rings. The maximum atomic E-state index is 10.8. The Morgan fingerprint density at radius 2 is 1.24 bits per heavy atom. The molecule has 0 saturated carbocycles. The zero-order valence-corrected chi connectivity index (χ0v) is 13.3. The van der Waals surface area contributed by atoms with Crippen molar-refractivity contribution in [1.29, 1.82) is 0 Å². The number of nitro benzene ring substituents is 1. The lowest BCUT2D eigenvalue weighted by Crippen LogP contribution is -2.21. The Morgan fingerprint density at radius 3 is 1.68 bits per heavy atom. The summed E-state index contributed by atoms with van der Waals surface area (Å²) in [5, 5.41) is 17.2. The van der Waals surface area contributed by atoms with E-state index >= 15 is 0 Å². The van der Waals surface area contributed by atoms with Crippen molar-refractivity contribution < 1.29 is 4.92 Å². The fourth-order valence-corrected chi connectivity index (χ4v) is 2.18. The normalized spacial score (nSPS) is 9.92. The van der Waals surface area contributed by atoms with Gasteiger partial charge in [0.05, 0.1) is 10.6 Å². The van der Waals surface area contributed by atoms with E-state index in [1.165, 1.54) is 12.1 Å². The van der Waals surface area contributed by atoms with Crippen LogP contribution in [0.4, 0.5) is 22.7 Å². The fourth-order valence-electron chi connectivity index (χ4n) is 2.18. The molecule has 6 heteroatoms. The number of non-ortho nitro benzene ring substituents is 1. The molecular formula is C19H16N4O2. The lowest BCUT2D eigenvalue weighted by Gasteiger charge is -2.12. The lowest BCUT2D eigenvalue weighted by molar-refractivity contribution is -0.384. The number of para-hydroxylation sites is 2. The summed E-state index contributed by atoms with van der Waals surface area (Å²) >= 11 is 0. The van der Waals surface area contributed by atoms with Crippen molar-refractivity contribution in [2.75, 3.05) is 10.6 Å². The van der Waals surface area contributed by atoms with Crippen molar-refractivity contribution in [2.24, 2.45) is 4.99 Å². The minimum Gasteiger partial charge on any atom is -0.326 e. The van der Waals surface area contributed by atoms with Crippen LogP contribution in [0.5, 0.6) is 0 Å². The number of rotatable bonds is 4. The predicted octanol–water partition coefficient (Wildman–Crippen LogP) is 4.81. The van der Waals surface area contributed by atoms with Gasteiger partial charge in [0.1, 0.15) is 0 Å². The fraction of sp³-hybridized carbons (Fsp3) is 0. The maximum Gasteiger partial charge on any atom is 0.269 e. The summed E-state index contributed by atoms with van der Waals surface area (Å²) in [5.41, 5.74) is 2.40. The molecule has 0 atom stereocenters. The molecule has 3 aromatic carbocycles. The van der Waals surface area contributed by atoms with Crippen LogP contribution in [0.1, 0.15) is 0 Å². The van der Waals surface area contributed by atoms with Gasteiger partial charge in [-0.15, -0.1) is 0 Å². The third-order valence-corrected chi connectivity index (χ3v) is 3.37. The van der Waals surface area contributed by atoms with E-state index in [4.69, 9.17) is 0 Å². The van der Waals surface area contributed by atoms with Gasteiger partial charge in [-0.05, 0) is 36.4 Å². The number of hydrogen-bond donors (Lipinski definition) is 2. The number of nitrogens with one attached hydrogen (secondary N) is 2. The molecule has 0 aliphatic heterocycles. The number of nitro groups is 1. The van der Waals surface area contributed by atoms with Crippen LogP contribution in [0.15, 0.2) is 89.9 Å². The van der Waals surface area contributed by atoms with Crippen LogP contribution < -0.4 is 10.6 Å². The Morgan fingerprint density at radius 1 is 0.760 bits per heavy atom. The van der Waals surface area contributed by atoms with E-state index in [0.29, 0.717) is 11.6 Å². The average Bonchev–Trinajstić information content (AvgIpc) is 2.64. The van der Waals surface area contributed by atoms with Gasteiger partial charge in [0.2, 0.25) is 5.96 Å². The van der Waals surface area contributed by atoms with E-state index in [1.54, 1.807) is 12.1 Å². The first kappa shape index (κ1) is 16.2. The molecule has 124 valence electrons. The number of nitrogens with zero attached hydrogens (tertiary/aromatic N) is 2. The second-order valence-corrected chi connectivity index (χ2v) is 5.22. The number of guanidine groups is 1. The molecule has 0 fully saturated rings. The Bertz CT molecular complexity index is 819. The highest BCUT2D eigenvalue weighted by Gasteiger charge is 2.05. The number of benzene rings is 3. The highest BCUT2D eigenvalue weighted by molar-refractivity contribution is 6.04. The van der Waals surface area contributed by atoms with Crippen LogP contribution in [0.2, 0.25) is 0 Å². The van der Waals surface area contributed by atoms with E-state index in [-0.39, 0.29) is 5.69 Å². The van der Waals surface area contributed by atoms with Crippen molar-refractivity contribution in [3.63, 3.8) is 0 Å². The Balaban J connectivity index is 1.87. The summed E-state index contributed by atoms with van der Waals surface area (Å²) in [5.74, 6) is 0.520. The van der Waals surface area contributed by atoms with Gasteiger partial charge in [-0.3, -0.25) is 10.1 Å². The summed E-state index contributed by atoms with van der Waals surface area (Å²) in [6.07, 6.45) is 0. The second kappa shape index (κ2) is 7.74. The number of aliphatic imine (C=N–C) groups is 1. The van der Waals surface area contributed by atoms with Gasteiger partial charge in [-0.1, -0.05) is 36.4 Å². The third kappa shape index (κ3) is 4.65. The first-order valence-electron chi connectivity index (χ1n) is 7.68. The minimum atomic E-state index is -0.432. The van der Waals surface area contributed by atoms with E-state index < -0.39 is 4.92 Å². The van der Waals surface area contributed by atoms with E-state index in [2.05, 4.69) is 15.6 Å². The third-order valence-electron chi connectivity index (χ3n) is 3.37. The van der Waals surface area contributed by atoms with E-state index in [9.17, 15) is 10.1 Å². The summed E-state index contributed by atoms with van der Waals surface area (Å²) in [6, 6.07) is 25.4. The molecule has 0 saturated heterocycles. The van der Waals surface area contributed by atoms with Crippen molar-refractivity contribution in [2.45, 2.75) is 0 Å². The van der Waals surface area contributed by atoms with Gasteiger partial charge >= 0.3 is 0 Å². The van der Waals surface area contributed by atoms with Crippen LogP contribution in [-0.2, 0) is 0 Å². The number of hydrogen-bond acceptors (Lipinski definition) is 3. The van der Waals surface area contributed by atoms with Crippen LogP contribution in [0, 0.1) is 10.1 Å². The first-order valence-corrected chi connectivity index (χ1v) is 7.68. The summed E-state index contributed by atoms with van der Waals surface area (Å²) in [6.45, 7) is 0. The molecule has 0 aliphatic rings. The van der Waals surface area contributed by atoms with Gasteiger partial charge in [-0.25, -0.2) is 4.99 Å². The average molecular weight is 332 g/mol. The SMILES string of the molecule is O=[N+]([O-])c1ccc(N=C(Nc2ccccc2)Nc2ccccc2)cc1. The maximum absolute atomic E-state index is 10.8. The minimum absolute atomic E-state index is 0.0348. The molecule has 25 heavy (non-hydrogen) atoms. The molecule has 0 spiro atoms. The molecule has 0 radical (unpaired) electrons. The van der Waals surface area contributed by atoms with Crippen LogP contribution in [0.25, 0.3) is 0 Å². The summed E-state index contributed by atoms with van der Waals surface area (Å²) in [4.78, 5) is 14.9. The van der Waals surface area contributed by atoms with Crippen molar-refractivity contribution >= 4 is 28.7 Å². The molecule has 0 aromatic heterocycles. The number of anilines is 2. The monoisotopic (exact) mass is 332 g/mol. The lowest BCUT2D eigenvalue weighted by atomic mass is 10.3. The van der Waals surface area contributed by atoms with Crippen molar-refractivity contribution in [3.8, 4) is 0 Å². The zero-order chi connectivity index (χ0) is 17.5. The predicted molar refractivity (Wildman–Crippen MR) is 100 cm³/mol. The largest absolute Gasteiger partial charge is 0.326 e. The molecular weight excluding hydrogens is 316 g/mol. The van der Waals surface area contributed by atoms with Crippen LogP contribution in [0.3, 0.4) is 0 Å². The van der Waals surface area contributed by atoms with Gasteiger partial charge in [0, 0.05) is 23.5 Å². The molecule has 0 aliphatic carbocycles. The van der Waals surface area contributed by atoms with Crippen LogP contribution >= 0.6 is 0 Å². The second-order valence-electron chi connectivity index (χ2n) is 5.22. The molecule has 3 rings (SSSR count). The van der Waals surface area contributed by atoms with E-state index in [0.717, 1.165) is 11.4 Å². The molecule has 0 heterocycles. The molecule has 2 N–H and O–H groups in total. The highest BCUT2D eigenvalue weighted by Crippen LogP contribution is 2.19. The molecule has 0 bridgehead atoms. The Kier molecular flexibility index (Phi) is 5.01. The smallest absolute Gasteiger partial charge is 0.269 e. The first-order chi connectivity index (χ1) is 12.2.